The normalized spacial score (nSPS) is 10.5. The minimum absolute atomic E-state index is 0.208. The first kappa shape index (κ1) is 10.4. The summed E-state index contributed by atoms with van der Waals surface area (Å²) >= 11 is 0. The Morgan fingerprint density at radius 1 is 1.44 bits per heavy atom. The average molecular weight is 220 g/mol. The second-order valence-corrected chi connectivity index (χ2v) is 3.53. The Bertz CT molecular complexity index is 519. The summed E-state index contributed by atoms with van der Waals surface area (Å²) in [6.45, 7) is 0.359. The molecule has 5 nitrogen and oxygen atoms in total. The van der Waals surface area contributed by atoms with E-state index in [1.54, 1.807) is 18.2 Å². The summed E-state index contributed by atoms with van der Waals surface area (Å²) in [6, 6.07) is 5.07. The van der Waals surface area contributed by atoms with Gasteiger partial charge in [0.05, 0.1) is 0 Å². The number of aromatic nitrogens is 1. The SMILES string of the molecule is O=C(O)NCCc1c[nH]c2ccc(O)cc12. The van der Waals surface area contributed by atoms with Gasteiger partial charge in [-0.05, 0) is 30.2 Å². The predicted molar refractivity (Wildman–Crippen MR) is 59.7 cm³/mol. The van der Waals surface area contributed by atoms with Crippen molar-refractivity contribution in [3.8, 4) is 5.75 Å². The number of carboxylic acid groups (broad SMARTS) is 1. The van der Waals surface area contributed by atoms with Gasteiger partial charge in [0.15, 0.2) is 0 Å². The summed E-state index contributed by atoms with van der Waals surface area (Å²) in [5.74, 6) is 0.208. The van der Waals surface area contributed by atoms with Crippen molar-refractivity contribution in [2.45, 2.75) is 6.42 Å². The number of phenolic OH excluding ortho intramolecular Hbond substituents is 1. The number of amides is 1. The highest BCUT2D eigenvalue weighted by Gasteiger charge is 2.04. The molecule has 2 aromatic rings. The lowest BCUT2D eigenvalue weighted by Crippen LogP contribution is -2.23. The van der Waals surface area contributed by atoms with E-state index in [1.807, 2.05) is 6.20 Å². The van der Waals surface area contributed by atoms with Crippen LogP contribution >= 0.6 is 0 Å². The van der Waals surface area contributed by atoms with Crippen molar-refractivity contribution in [1.82, 2.24) is 10.3 Å². The molecule has 4 N–H and O–H groups in total. The fourth-order valence-corrected chi connectivity index (χ4v) is 1.68. The zero-order chi connectivity index (χ0) is 11.5. The van der Waals surface area contributed by atoms with E-state index >= 15 is 0 Å². The molecule has 1 amide bonds. The number of fused-ring (bicyclic) bond motifs is 1. The lowest BCUT2D eigenvalue weighted by atomic mass is 10.1. The Balaban J connectivity index is 2.17. The van der Waals surface area contributed by atoms with Crippen LogP contribution < -0.4 is 5.32 Å². The van der Waals surface area contributed by atoms with Crippen molar-refractivity contribution in [3.63, 3.8) is 0 Å². The van der Waals surface area contributed by atoms with Crippen LogP contribution in [0.4, 0.5) is 4.79 Å². The van der Waals surface area contributed by atoms with Crippen LogP contribution in [0, 0.1) is 0 Å². The highest BCUT2D eigenvalue weighted by Crippen LogP contribution is 2.22. The molecule has 2 rings (SSSR count). The van der Waals surface area contributed by atoms with E-state index in [-0.39, 0.29) is 5.75 Å². The third kappa shape index (κ3) is 2.08. The molecule has 0 radical (unpaired) electrons. The third-order valence-electron chi connectivity index (χ3n) is 2.42. The number of aromatic hydroxyl groups is 1. The van der Waals surface area contributed by atoms with Crippen LogP contribution in [-0.2, 0) is 6.42 Å². The van der Waals surface area contributed by atoms with Crippen molar-refractivity contribution in [1.29, 1.82) is 0 Å². The molecule has 0 aliphatic carbocycles. The molecule has 0 atom stereocenters. The van der Waals surface area contributed by atoms with Crippen LogP contribution in [0.1, 0.15) is 5.56 Å². The summed E-state index contributed by atoms with van der Waals surface area (Å²) in [6.07, 6.45) is 1.39. The summed E-state index contributed by atoms with van der Waals surface area (Å²) < 4.78 is 0. The smallest absolute Gasteiger partial charge is 0.404 e. The molecule has 1 heterocycles. The van der Waals surface area contributed by atoms with Crippen molar-refractivity contribution < 1.29 is 15.0 Å². The van der Waals surface area contributed by atoms with Crippen LogP contribution in [0.25, 0.3) is 10.9 Å². The number of rotatable bonds is 3. The molecular formula is C11H12N2O3. The lowest BCUT2D eigenvalue weighted by molar-refractivity contribution is 0.194. The van der Waals surface area contributed by atoms with E-state index in [0.717, 1.165) is 16.5 Å². The van der Waals surface area contributed by atoms with Gasteiger partial charge in [-0.3, -0.25) is 0 Å². The largest absolute Gasteiger partial charge is 0.508 e. The number of benzene rings is 1. The number of hydrogen-bond acceptors (Lipinski definition) is 2. The Morgan fingerprint density at radius 2 is 2.25 bits per heavy atom. The molecule has 0 spiro atoms. The molecule has 84 valence electrons. The van der Waals surface area contributed by atoms with Gasteiger partial charge in [0.2, 0.25) is 0 Å². The summed E-state index contributed by atoms with van der Waals surface area (Å²) in [4.78, 5) is 13.4. The van der Waals surface area contributed by atoms with Gasteiger partial charge in [0, 0.05) is 23.6 Å². The molecule has 0 aliphatic rings. The van der Waals surface area contributed by atoms with Gasteiger partial charge in [-0.15, -0.1) is 0 Å². The van der Waals surface area contributed by atoms with Gasteiger partial charge in [-0.25, -0.2) is 4.79 Å². The summed E-state index contributed by atoms with van der Waals surface area (Å²) in [5.41, 5.74) is 1.92. The molecule has 0 fully saturated rings. The fraction of sp³-hybridized carbons (Fsp3) is 0.182. The molecule has 0 bridgehead atoms. The maximum absolute atomic E-state index is 10.3. The molecule has 0 saturated heterocycles. The number of carbonyl (C=O) groups is 1. The first-order valence-corrected chi connectivity index (χ1v) is 4.92. The lowest BCUT2D eigenvalue weighted by Gasteiger charge is -2.00. The van der Waals surface area contributed by atoms with Crippen molar-refractivity contribution in [2.24, 2.45) is 0 Å². The van der Waals surface area contributed by atoms with Crippen molar-refractivity contribution in [2.75, 3.05) is 6.54 Å². The van der Waals surface area contributed by atoms with E-state index in [9.17, 15) is 9.90 Å². The molecule has 0 aliphatic heterocycles. The van der Waals surface area contributed by atoms with Gasteiger partial charge < -0.3 is 20.5 Å². The summed E-state index contributed by atoms with van der Waals surface area (Å²) in [7, 11) is 0. The molecule has 0 saturated carbocycles. The van der Waals surface area contributed by atoms with Crippen LogP contribution in [-0.4, -0.2) is 27.8 Å². The van der Waals surface area contributed by atoms with Crippen LogP contribution in [0.2, 0.25) is 0 Å². The van der Waals surface area contributed by atoms with Gasteiger partial charge in [0.25, 0.3) is 0 Å². The molecule has 16 heavy (non-hydrogen) atoms. The van der Waals surface area contributed by atoms with E-state index in [0.29, 0.717) is 13.0 Å². The average Bonchev–Trinajstić information content (AvgIpc) is 2.60. The second-order valence-electron chi connectivity index (χ2n) is 3.53. The first-order valence-electron chi connectivity index (χ1n) is 4.92. The Hall–Kier alpha value is -2.17. The topological polar surface area (TPSA) is 85.4 Å². The van der Waals surface area contributed by atoms with E-state index < -0.39 is 6.09 Å². The number of hydrogen-bond donors (Lipinski definition) is 4. The van der Waals surface area contributed by atoms with E-state index in [2.05, 4.69) is 10.3 Å². The molecule has 5 heteroatoms. The highest BCUT2D eigenvalue weighted by molar-refractivity contribution is 5.84. The van der Waals surface area contributed by atoms with Gasteiger partial charge in [0.1, 0.15) is 5.75 Å². The standard InChI is InChI=1S/C11H12N2O3/c14-8-1-2-10-9(5-8)7(6-13-10)3-4-12-11(15)16/h1-2,5-6,12-14H,3-4H2,(H,15,16). The zero-order valence-corrected chi connectivity index (χ0v) is 8.53. The van der Waals surface area contributed by atoms with E-state index in [1.165, 1.54) is 0 Å². The highest BCUT2D eigenvalue weighted by atomic mass is 16.4. The Kier molecular flexibility index (Phi) is 2.68. The number of aromatic amines is 1. The van der Waals surface area contributed by atoms with Gasteiger partial charge in [-0.1, -0.05) is 0 Å². The molecule has 1 aromatic carbocycles. The van der Waals surface area contributed by atoms with Crippen LogP contribution in [0.15, 0.2) is 24.4 Å². The van der Waals surface area contributed by atoms with Crippen LogP contribution in [0.3, 0.4) is 0 Å². The monoisotopic (exact) mass is 220 g/mol. The van der Waals surface area contributed by atoms with Gasteiger partial charge in [-0.2, -0.15) is 0 Å². The molecular weight excluding hydrogens is 208 g/mol. The number of phenols is 1. The number of nitrogens with one attached hydrogen (secondary N) is 2. The fourth-order valence-electron chi connectivity index (χ4n) is 1.68. The van der Waals surface area contributed by atoms with Crippen LogP contribution in [0.5, 0.6) is 5.75 Å². The second kappa shape index (κ2) is 4.14. The zero-order valence-electron chi connectivity index (χ0n) is 8.53. The molecule has 1 aromatic heterocycles. The first-order chi connectivity index (χ1) is 7.66. The minimum atomic E-state index is -1.03. The van der Waals surface area contributed by atoms with Crippen molar-refractivity contribution >= 4 is 17.0 Å². The Morgan fingerprint density at radius 3 is 3.00 bits per heavy atom. The Labute approximate surface area is 91.7 Å². The predicted octanol–water partition coefficient (Wildman–Crippen LogP) is 1.68. The maximum Gasteiger partial charge on any atom is 0.404 e. The maximum atomic E-state index is 10.3. The quantitative estimate of drug-likeness (QED) is 0.634. The third-order valence-corrected chi connectivity index (χ3v) is 2.42. The minimum Gasteiger partial charge on any atom is -0.508 e. The van der Waals surface area contributed by atoms with Gasteiger partial charge >= 0.3 is 6.09 Å². The van der Waals surface area contributed by atoms with E-state index in [4.69, 9.17) is 5.11 Å². The molecule has 0 unspecified atom stereocenters. The summed E-state index contributed by atoms with van der Waals surface area (Å²) in [5, 5.41) is 21.0. The van der Waals surface area contributed by atoms with Crippen molar-refractivity contribution in [3.05, 3.63) is 30.0 Å². The number of H-pyrrole nitrogens is 1.